The fourth-order valence-electron chi connectivity index (χ4n) is 3.53. The smallest absolute Gasteiger partial charge is 0.338 e. The summed E-state index contributed by atoms with van der Waals surface area (Å²) in [6.07, 6.45) is 0.942. The second-order valence-electron chi connectivity index (χ2n) is 7.97. The molecule has 0 aliphatic carbocycles. The summed E-state index contributed by atoms with van der Waals surface area (Å²) in [5, 5.41) is 0. The van der Waals surface area contributed by atoms with E-state index in [1.54, 1.807) is 26.0 Å². The van der Waals surface area contributed by atoms with E-state index in [0.717, 1.165) is 11.3 Å². The fourth-order valence-corrected chi connectivity index (χ4v) is 6.03. The Hall–Kier alpha value is -2.57. The summed E-state index contributed by atoms with van der Waals surface area (Å²) in [5.41, 5.74) is 3.17. The molecular formula is C26H24BrO4S+. The van der Waals surface area contributed by atoms with Crippen LogP contribution < -0.4 is 0 Å². The van der Waals surface area contributed by atoms with Crippen molar-refractivity contribution in [2.24, 2.45) is 0 Å². The molecule has 1 heterocycles. The minimum atomic E-state index is -0.760. The van der Waals surface area contributed by atoms with Crippen molar-refractivity contribution in [3.8, 4) is 0 Å². The Morgan fingerprint density at radius 1 is 0.844 bits per heavy atom. The highest BCUT2D eigenvalue weighted by molar-refractivity contribution is 9.10. The molecule has 0 bridgehead atoms. The van der Waals surface area contributed by atoms with Crippen LogP contribution in [-0.2, 0) is 31.6 Å². The zero-order chi connectivity index (χ0) is 22.7. The molecule has 0 aromatic heterocycles. The van der Waals surface area contributed by atoms with E-state index in [-0.39, 0.29) is 24.1 Å². The molecule has 4 rings (SSSR count). The van der Waals surface area contributed by atoms with Crippen LogP contribution in [0.2, 0.25) is 0 Å². The van der Waals surface area contributed by atoms with E-state index < -0.39 is 16.3 Å². The van der Waals surface area contributed by atoms with Gasteiger partial charge in [0, 0.05) is 17.5 Å². The van der Waals surface area contributed by atoms with Crippen LogP contribution in [0.5, 0.6) is 0 Å². The number of ether oxygens (including phenoxy) is 2. The van der Waals surface area contributed by atoms with E-state index >= 15 is 0 Å². The molecule has 0 saturated heterocycles. The summed E-state index contributed by atoms with van der Waals surface area (Å²) in [4.78, 5) is 28.0. The lowest BCUT2D eigenvalue weighted by Gasteiger charge is -2.19. The number of alkyl halides is 1. The Balaban J connectivity index is 1.47. The van der Waals surface area contributed by atoms with Crippen molar-refractivity contribution >= 4 is 38.8 Å². The molecule has 0 radical (unpaired) electrons. The van der Waals surface area contributed by atoms with Gasteiger partial charge in [-0.25, -0.2) is 4.79 Å². The molecule has 0 N–H and O–H groups in total. The summed E-state index contributed by atoms with van der Waals surface area (Å²) < 4.78 is 9.60. The number of hydrogen-bond donors (Lipinski definition) is 0. The van der Waals surface area contributed by atoms with E-state index in [9.17, 15) is 9.59 Å². The molecule has 1 aliphatic rings. The van der Waals surface area contributed by atoms with E-state index in [1.807, 2.05) is 12.1 Å². The molecule has 164 valence electrons. The number of rotatable bonds is 6. The van der Waals surface area contributed by atoms with Gasteiger partial charge in [-0.05, 0) is 50.2 Å². The van der Waals surface area contributed by atoms with E-state index in [0.29, 0.717) is 5.56 Å². The third kappa shape index (κ3) is 4.92. The Kier molecular flexibility index (Phi) is 6.72. The van der Waals surface area contributed by atoms with Crippen molar-refractivity contribution in [1.29, 1.82) is 0 Å². The van der Waals surface area contributed by atoms with Crippen LogP contribution in [0.15, 0.2) is 87.5 Å². The molecule has 3 aromatic rings. The predicted octanol–water partition coefficient (Wildman–Crippen LogP) is 5.56. The zero-order valence-electron chi connectivity index (χ0n) is 18.0. The lowest BCUT2D eigenvalue weighted by molar-refractivity contribution is -0.146. The highest BCUT2D eigenvalue weighted by Gasteiger charge is 2.37. The minimum Gasteiger partial charge on any atom is -0.461 e. The number of benzene rings is 3. The normalized spacial score (nSPS) is 13.1. The summed E-state index contributed by atoms with van der Waals surface area (Å²) >= 11 is 3.24. The maximum absolute atomic E-state index is 12.4. The maximum Gasteiger partial charge on any atom is 0.338 e. The van der Waals surface area contributed by atoms with Crippen molar-refractivity contribution < 1.29 is 19.1 Å². The van der Waals surface area contributed by atoms with Gasteiger partial charge < -0.3 is 9.47 Å². The van der Waals surface area contributed by atoms with Gasteiger partial charge in [-0.15, -0.1) is 0 Å². The first-order valence-electron chi connectivity index (χ1n) is 10.4. The van der Waals surface area contributed by atoms with Crippen LogP contribution in [0, 0.1) is 0 Å². The van der Waals surface area contributed by atoms with Crippen LogP contribution in [0.25, 0.3) is 0 Å². The molecule has 0 spiro atoms. The molecule has 3 aromatic carbocycles. The topological polar surface area (TPSA) is 52.6 Å². The molecular weight excluding hydrogens is 488 g/mol. The van der Waals surface area contributed by atoms with Crippen molar-refractivity contribution in [3.05, 3.63) is 89.5 Å². The van der Waals surface area contributed by atoms with Crippen molar-refractivity contribution in [2.75, 3.05) is 13.2 Å². The lowest BCUT2D eigenvalue weighted by Crippen LogP contribution is -2.28. The number of halogens is 1. The number of carbonyl (C=O) groups excluding carboxylic acids is 2. The third-order valence-corrected chi connectivity index (χ3v) is 7.87. The average Bonchev–Trinajstić information content (AvgIpc) is 2.79. The van der Waals surface area contributed by atoms with Gasteiger partial charge in [0.05, 0.1) is 16.5 Å². The first-order valence-corrected chi connectivity index (χ1v) is 12.4. The number of carbonyl (C=O) groups is 2. The molecule has 0 amide bonds. The van der Waals surface area contributed by atoms with Crippen LogP contribution in [0.1, 0.15) is 35.3 Å². The predicted molar refractivity (Wildman–Crippen MR) is 129 cm³/mol. The minimum absolute atomic E-state index is 0.0144. The SMILES string of the molecule is CC(C)(Br)C(=O)OCCOC(=O)c1ccc([S+]2c3ccccc3Cc3ccccc32)cc1. The van der Waals surface area contributed by atoms with Gasteiger partial charge in [-0.2, -0.15) is 0 Å². The molecule has 4 nitrogen and oxygen atoms in total. The van der Waals surface area contributed by atoms with Crippen molar-refractivity contribution in [3.63, 3.8) is 0 Å². The van der Waals surface area contributed by atoms with Crippen molar-refractivity contribution in [1.82, 2.24) is 0 Å². The van der Waals surface area contributed by atoms with Gasteiger partial charge in [0.1, 0.15) is 17.5 Å². The first kappa shape index (κ1) is 22.6. The molecule has 1 aliphatic heterocycles. The monoisotopic (exact) mass is 511 g/mol. The van der Waals surface area contributed by atoms with Crippen molar-refractivity contribution in [2.45, 2.75) is 39.3 Å². The number of hydrogen-bond acceptors (Lipinski definition) is 4. The second-order valence-corrected chi connectivity index (χ2v) is 11.9. The van der Waals surface area contributed by atoms with Crippen LogP contribution in [-0.4, -0.2) is 29.5 Å². The van der Waals surface area contributed by atoms with E-state index in [4.69, 9.17) is 9.47 Å². The first-order chi connectivity index (χ1) is 15.3. The second kappa shape index (κ2) is 9.51. The highest BCUT2D eigenvalue weighted by Crippen LogP contribution is 2.40. The maximum atomic E-state index is 12.4. The van der Waals surface area contributed by atoms with Gasteiger partial charge in [0.2, 0.25) is 0 Å². The summed E-state index contributed by atoms with van der Waals surface area (Å²) in [6, 6.07) is 24.8. The molecule has 0 fully saturated rings. The molecule has 0 unspecified atom stereocenters. The Morgan fingerprint density at radius 3 is 1.94 bits per heavy atom. The Bertz CT molecular complexity index is 1090. The lowest BCUT2D eigenvalue weighted by atomic mass is 10.0. The summed E-state index contributed by atoms with van der Waals surface area (Å²) in [6.45, 7) is 3.44. The van der Waals surface area contributed by atoms with Crippen LogP contribution in [0.4, 0.5) is 0 Å². The largest absolute Gasteiger partial charge is 0.461 e. The molecule has 32 heavy (non-hydrogen) atoms. The molecule has 6 heteroatoms. The highest BCUT2D eigenvalue weighted by atomic mass is 79.9. The zero-order valence-corrected chi connectivity index (χ0v) is 20.4. The van der Waals surface area contributed by atoms with Gasteiger partial charge in [-0.1, -0.05) is 52.3 Å². The third-order valence-electron chi connectivity index (χ3n) is 5.13. The van der Waals surface area contributed by atoms with Crippen LogP contribution in [0.3, 0.4) is 0 Å². The average molecular weight is 512 g/mol. The summed E-state index contributed by atoms with van der Waals surface area (Å²) in [5.74, 6) is -0.828. The Labute approximate surface area is 199 Å². The number of esters is 2. The standard InChI is InChI=1S/C26H24BrO4S/c1-26(2,27)25(29)31-16-15-30-24(28)18-11-13-21(14-12-18)32-22-9-5-3-7-19(22)17-20-8-4-6-10-23(20)32/h3-14H,15-17H2,1-2H3/q+1. The van der Waals surface area contributed by atoms with Crippen LogP contribution >= 0.6 is 15.9 Å². The molecule has 0 saturated carbocycles. The number of fused-ring (bicyclic) bond motifs is 2. The van der Waals surface area contributed by atoms with Gasteiger partial charge in [0.15, 0.2) is 14.7 Å². The summed E-state index contributed by atoms with van der Waals surface area (Å²) in [7, 11) is -0.214. The van der Waals surface area contributed by atoms with Gasteiger partial charge >= 0.3 is 11.9 Å². The van der Waals surface area contributed by atoms with Gasteiger partial charge in [-0.3, -0.25) is 4.79 Å². The molecule has 0 atom stereocenters. The van der Waals surface area contributed by atoms with E-state index in [2.05, 4.69) is 64.5 Å². The van der Waals surface area contributed by atoms with Gasteiger partial charge in [0.25, 0.3) is 0 Å². The Morgan fingerprint density at radius 2 is 1.38 bits per heavy atom. The van der Waals surface area contributed by atoms with E-state index in [1.165, 1.54) is 20.9 Å². The fraction of sp³-hybridized carbons (Fsp3) is 0.231. The quantitative estimate of drug-likeness (QED) is 0.147.